The first kappa shape index (κ1) is 8.81. The van der Waals surface area contributed by atoms with Crippen LogP contribution in [0.2, 0.25) is 0 Å². The van der Waals surface area contributed by atoms with E-state index in [0.717, 1.165) is 5.56 Å². The summed E-state index contributed by atoms with van der Waals surface area (Å²) < 4.78 is 5.13. The molecule has 0 aliphatic carbocycles. The molecular formula is C10H12O2. The van der Waals surface area contributed by atoms with Crippen LogP contribution in [-0.2, 0) is 11.3 Å². The lowest BCUT2D eigenvalue weighted by Crippen LogP contribution is -1.95. The molecule has 1 N–H and O–H groups in total. The summed E-state index contributed by atoms with van der Waals surface area (Å²) in [5, 5.41) is 8.59. The zero-order valence-electron chi connectivity index (χ0n) is 6.86. The molecule has 0 aliphatic rings. The van der Waals surface area contributed by atoms with Crippen LogP contribution in [0.1, 0.15) is 5.56 Å². The van der Waals surface area contributed by atoms with Crippen molar-refractivity contribution in [3.63, 3.8) is 0 Å². The first-order chi connectivity index (χ1) is 5.83. The van der Waals surface area contributed by atoms with Gasteiger partial charge >= 0.3 is 0 Å². The molecule has 0 bridgehead atoms. The van der Waals surface area contributed by atoms with E-state index in [-0.39, 0.29) is 6.61 Å². The molecule has 0 unspecified atom stereocenters. The first-order valence-electron chi connectivity index (χ1n) is 3.78. The van der Waals surface area contributed by atoms with Crippen LogP contribution < -0.4 is 0 Å². The second kappa shape index (κ2) is 4.57. The van der Waals surface area contributed by atoms with Crippen LogP contribution in [0.4, 0.5) is 0 Å². The van der Waals surface area contributed by atoms with E-state index in [1.807, 2.05) is 30.3 Å². The third kappa shape index (κ3) is 2.76. The number of ether oxygens (including phenoxy) is 1. The predicted octanol–water partition coefficient (Wildman–Crippen LogP) is 1.71. The Morgan fingerprint density at radius 1 is 1.33 bits per heavy atom. The van der Waals surface area contributed by atoms with E-state index >= 15 is 0 Å². The smallest absolute Gasteiger partial charge is 0.115 e. The average Bonchev–Trinajstić information content (AvgIpc) is 2.16. The van der Waals surface area contributed by atoms with Gasteiger partial charge in [-0.2, -0.15) is 0 Å². The van der Waals surface area contributed by atoms with Crippen LogP contribution in [0.15, 0.2) is 42.7 Å². The maximum Gasteiger partial charge on any atom is 0.115 e. The van der Waals surface area contributed by atoms with Gasteiger partial charge in [-0.3, -0.25) is 0 Å². The number of benzene rings is 1. The van der Waals surface area contributed by atoms with E-state index in [0.29, 0.717) is 12.4 Å². The molecular weight excluding hydrogens is 152 g/mol. The Kier molecular flexibility index (Phi) is 3.35. The molecule has 0 amide bonds. The monoisotopic (exact) mass is 164 g/mol. The van der Waals surface area contributed by atoms with E-state index in [1.54, 1.807) is 0 Å². The normalized spacial score (nSPS) is 9.42. The Morgan fingerprint density at radius 2 is 2.00 bits per heavy atom. The van der Waals surface area contributed by atoms with E-state index in [2.05, 4.69) is 6.58 Å². The molecule has 64 valence electrons. The summed E-state index contributed by atoms with van der Waals surface area (Å²) in [6.45, 7) is 3.87. The quantitative estimate of drug-likeness (QED) is 0.686. The lowest BCUT2D eigenvalue weighted by atomic mass is 10.2. The van der Waals surface area contributed by atoms with Crippen molar-refractivity contribution in [2.45, 2.75) is 6.61 Å². The van der Waals surface area contributed by atoms with Crippen LogP contribution in [0.3, 0.4) is 0 Å². The molecule has 0 saturated carbocycles. The van der Waals surface area contributed by atoms with Gasteiger partial charge in [-0.15, -0.1) is 0 Å². The van der Waals surface area contributed by atoms with Gasteiger partial charge in [0.2, 0.25) is 0 Å². The molecule has 1 rings (SSSR count). The molecule has 0 radical (unpaired) electrons. The topological polar surface area (TPSA) is 29.5 Å². The third-order valence-corrected chi connectivity index (χ3v) is 1.46. The molecule has 12 heavy (non-hydrogen) atoms. The molecule has 0 fully saturated rings. The molecule has 0 saturated heterocycles. The Bertz CT molecular complexity index is 241. The number of aliphatic hydroxyl groups is 1. The van der Waals surface area contributed by atoms with Crippen molar-refractivity contribution in [3.05, 3.63) is 48.2 Å². The van der Waals surface area contributed by atoms with Crippen molar-refractivity contribution in [3.8, 4) is 0 Å². The van der Waals surface area contributed by atoms with Crippen molar-refractivity contribution >= 4 is 0 Å². The molecule has 0 aliphatic heterocycles. The van der Waals surface area contributed by atoms with Crippen molar-refractivity contribution in [2.24, 2.45) is 0 Å². The highest BCUT2D eigenvalue weighted by Gasteiger charge is 1.93. The second-order valence-electron chi connectivity index (χ2n) is 2.47. The molecule has 0 spiro atoms. The summed E-state index contributed by atoms with van der Waals surface area (Å²) in [7, 11) is 0. The van der Waals surface area contributed by atoms with Crippen LogP contribution in [-0.4, -0.2) is 11.7 Å². The van der Waals surface area contributed by atoms with Gasteiger partial charge in [0.1, 0.15) is 12.4 Å². The number of hydrogen-bond donors (Lipinski definition) is 1. The van der Waals surface area contributed by atoms with Crippen LogP contribution in [0.25, 0.3) is 0 Å². The minimum absolute atomic E-state index is 0.118. The third-order valence-electron chi connectivity index (χ3n) is 1.46. The van der Waals surface area contributed by atoms with Gasteiger partial charge in [-0.05, 0) is 5.56 Å². The Balaban J connectivity index is 2.38. The SMILES string of the molecule is C=C(CO)OCc1ccccc1. The highest BCUT2D eigenvalue weighted by molar-refractivity contribution is 5.13. The van der Waals surface area contributed by atoms with Gasteiger partial charge in [0.25, 0.3) is 0 Å². The fourth-order valence-electron chi connectivity index (χ4n) is 0.805. The number of rotatable bonds is 4. The number of aliphatic hydroxyl groups excluding tert-OH is 1. The van der Waals surface area contributed by atoms with Gasteiger partial charge in [0, 0.05) is 0 Å². The summed E-state index contributed by atoms with van der Waals surface area (Å²) in [5.41, 5.74) is 1.08. The fourth-order valence-corrected chi connectivity index (χ4v) is 0.805. The molecule has 1 aromatic carbocycles. The largest absolute Gasteiger partial charge is 0.491 e. The lowest BCUT2D eigenvalue weighted by Gasteiger charge is -2.05. The summed E-state index contributed by atoms with van der Waals surface area (Å²) in [6.07, 6.45) is 0. The van der Waals surface area contributed by atoms with E-state index in [4.69, 9.17) is 9.84 Å². The zero-order valence-corrected chi connectivity index (χ0v) is 6.86. The van der Waals surface area contributed by atoms with Crippen LogP contribution in [0, 0.1) is 0 Å². The van der Waals surface area contributed by atoms with Crippen molar-refractivity contribution in [2.75, 3.05) is 6.61 Å². The standard InChI is InChI=1S/C10H12O2/c1-9(7-11)12-8-10-5-3-2-4-6-10/h2-6,11H,1,7-8H2. The van der Waals surface area contributed by atoms with Gasteiger partial charge in [0.05, 0.1) is 6.61 Å². The minimum Gasteiger partial charge on any atom is -0.491 e. The molecule has 0 heterocycles. The van der Waals surface area contributed by atoms with Crippen LogP contribution in [0.5, 0.6) is 0 Å². The van der Waals surface area contributed by atoms with Crippen molar-refractivity contribution in [1.82, 2.24) is 0 Å². The lowest BCUT2D eigenvalue weighted by molar-refractivity contribution is 0.152. The first-order valence-corrected chi connectivity index (χ1v) is 3.78. The summed E-state index contributed by atoms with van der Waals surface area (Å²) in [6, 6.07) is 9.76. The maximum atomic E-state index is 8.59. The Morgan fingerprint density at radius 3 is 2.58 bits per heavy atom. The zero-order chi connectivity index (χ0) is 8.81. The molecule has 2 heteroatoms. The van der Waals surface area contributed by atoms with Gasteiger partial charge in [0.15, 0.2) is 0 Å². The Labute approximate surface area is 72.1 Å². The van der Waals surface area contributed by atoms with Gasteiger partial charge in [-0.25, -0.2) is 0 Å². The van der Waals surface area contributed by atoms with Gasteiger partial charge in [-0.1, -0.05) is 36.9 Å². The minimum atomic E-state index is -0.118. The highest BCUT2D eigenvalue weighted by atomic mass is 16.5. The van der Waals surface area contributed by atoms with E-state index in [9.17, 15) is 0 Å². The Hall–Kier alpha value is -1.28. The molecule has 2 nitrogen and oxygen atoms in total. The molecule has 0 atom stereocenters. The van der Waals surface area contributed by atoms with Crippen molar-refractivity contribution < 1.29 is 9.84 Å². The average molecular weight is 164 g/mol. The van der Waals surface area contributed by atoms with Gasteiger partial charge < -0.3 is 9.84 Å². The highest BCUT2D eigenvalue weighted by Crippen LogP contribution is 2.03. The second-order valence-corrected chi connectivity index (χ2v) is 2.47. The maximum absolute atomic E-state index is 8.59. The molecule has 1 aromatic rings. The van der Waals surface area contributed by atoms with E-state index < -0.39 is 0 Å². The predicted molar refractivity (Wildman–Crippen MR) is 47.5 cm³/mol. The summed E-state index contributed by atoms with van der Waals surface area (Å²) in [4.78, 5) is 0. The molecule has 0 aromatic heterocycles. The van der Waals surface area contributed by atoms with Crippen molar-refractivity contribution in [1.29, 1.82) is 0 Å². The van der Waals surface area contributed by atoms with E-state index in [1.165, 1.54) is 0 Å². The summed E-state index contributed by atoms with van der Waals surface area (Å²) in [5.74, 6) is 0.402. The van der Waals surface area contributed by atoms with Crippen LogP contribution >= 0.6 is 0 Å². The fraction of sp³-hybridized carbons (Fsp3) is 0.200. The summed E-state index contributed by atoms with van der Waals surface area (Å²) >= 11 is 0. The number of hydrogen-bond acceptors (Lipinski definition) is 2.